The molecule has 0 bridgehead atoms. The molecule has 3 rings (SSSR count). The number of thioether (sulfide) groups is 1. The maximum atomic E-state index is 12.8. The molecule has 0 saturated carbocycles. The Kier molecular flexibility index (Phi) is 7.47. The van der Waals surface area contributed by atoms with E-state index < -0.39 is 18.6 Å². The van der Waals surface area contributed by atoms with Gasteiger partial charge in [-0.25, -0.2) is 4.98 Å². The second kappa shape index (κ2) is 10.1. The summed E-state index contributed by atoms with van der Waals surface area (Å²) in [6, 6.07) is 10.2. The molecule has 2 aromatic carbocycles. The number of nitrogens with one attached hydrogen (secondary N) is 1. The summed E-state index contributed by atoms with van der Waals surface area (Å²) >= 11 is 7.02. The van der Waals surface area contributed by atoms with Gasteiger partial charge in [0.2, 0.25) is 5.91 Å². The van der Waals surface area contributed by atoms with E-state index in [2.05, 4.69) is 15.0 Å². The number of carbonyl (C=O) groups is 1. The lowest BCUT2D eigenvalue weighted by Crippen LogP contribution is -2.28. The minimum Gasteiger partial charge on any atom is -0.435 e. The summed E-state index contributed by atoms with van der Waals surface area (Å²) in [7, 11) is 0. The number of aliphatic hydroxyl groups excluding tert-OH is 1. The van der Waals surface area contributed by atoms with E-state index in [4.69, 9.17) is 11.6 Å². The Morgan fingerprint density at radius 1 is 1.29 bits per heavy atom. The molecule has 1 atom stereocenters. The van der Waals surface area contributed by atoms with Gasteiger partial charge < -0.3 is 15.2 Å². The number of hydrogen-bond donors (Lipinski definition) is 2. The Labute approximate surface area is 185 Å². The van der Waals surface area contributed by atoms with Crippen molar-refractivity contribution in [1.29, 1.82) is 0 Å². The number of carbonyl (C=O) groups excluding carboxylic acids is 1. The van der Waals surface area contributed by atoms with Gasteiger partial charge in [-0.15, -0.1) is 0 Å². The molecule has 0 aliphatic rings. The number of ether oxygens (including phenoxy) is 1. The van der Waals surface area contributed by atoms with Crippen molar-refractivity contribution in [3.05, 3.63) is 57.8 Å². The third-order valence-electron chi connectivity index (χ3n) is 4.02. The lowest BCUT2D eigenvalue weighted by Gasteiger charge is -2.14. The Bertz CT molecular complexity index is 1140. The van der Waals surface area contributed by atoms with Gasteiger partial charge in [-0.1, -0.05) is 23.4 Å². The summed E-state index contributed by atoms with van der Waals surface area (Å²) in [4.78, 5) is 29.6. The Morgan fingerprint density at radius 2 is 2.00 bits per heavy atom. The van der Waals surface area contributed by atoms with Gasteiger partial charge in [0.05, 0.1) is 29.3 Å². The Balaban J connectivity index is 1.76. The van der Waals surface area contributed by atoms with Crippen LogP contribution in [-0.4, -0.2) is 39.0 Å². The normalized spacial score (nSPS) is 12.2. The van der Waals surface area contributed by atoms with Crippen LogP contribution < -0.4 is 15.6 Å². The zero-order valence-electron chi connectivity index (χ0n) is 16.2. The van der Waals surface area contributed by atoms with E-state index in [1.807, 2.05) is 0 Å². The third-order valence-corrected chi connectivity index (χ3v) is 5.24. The molecule has 2 N–H and O–H groups in total. The zero-order chi connectivity index (χ0) is 22.5. The van der Waals surface area contributed by atoms with Gasteiger partial charge in [0.1, 0.15) is 5.75 Å². The first kappa shape index (κ1) is 23.0. The van der Waals surface area contributed by atoms with Crippen LogP contribution in [0.1, 0.15) is 6.92 Å². The fourth-order valence-electron chi connectivity index (χ4n) is 2.76. The molecule has 0 aliphatic heterocycles. The average molecular weight is 470 g/mol. The summed E-state index contributed by atoms with van der Waals surface area (Å²) in [5.41, 5.74) is 0.434. The predicted molar refractivity (Wildman–Crippen MR) is 115 cm³/mol. The van der Waals surface area contributed by atoms with Crippen molar-refractivity contribution >= 4 is 45.9 Å². The molecule has 7 nitrogen and oxygen atoms in total. The molecule has 11 heteroatoms. The molecule has 3 aromatic rings. The van der Waals surface area contributed by atoms with Gasteiger partial charge >= 0.3 is 6.61 Å². The second-order valence-corrected chi connectivity index (χ2v) is 7.94. The van der Waals surface area contributed by atoms with Crippen molar-refractivity contribution in [2.24, 2.45) is 0 Å². The molecule has 0 aliphatic carbocycles. The Hall–Kier alpha value is -2.69. The van der Waals surface area contributed by atoms with E-state index in [1.165, 1.54) is 28.8 Å². The van der Waals surface area contributed by atoms with Crippen molar-refractivity contribution < 1.29 is 23.4 Å². The van der Waals surface area contributed by atoms with Crippen LogP contribution in [0, 0.1) is 0 Å². The lowest BCUT2D eigenvalue weighted by atomic mass is 10.2. The summed E-state index contributed by atoms with van der Waals surface area (Å²) < 4.78 is 30.0. The number of aromatic nitrogens is 2. The highest BCUT2D eigenvalue weighted by atomic mass is 35.5. The second-order valence-electron chi connectivity index (χ2n) is 6.56. The molecule has 31 heavy (non-hydrogen) atoms. The minimum atomic E-state index is -2.93. The van der Waals surface area contributed by atoms with Crippen LogP contribution in [-0.2, 0) is 11.3 Å². The lowest BCUT2D eigenvalue weighted by molar-refractivity contribution is -0.113. The highest BCUT2D eigenvalue weighted by Crippen LogP contribution is 2.22. The first-order valence-electron chi connectivity index (χ1n) is 9.08. The number of aliphatic hydroxyl groups is 1. The summed E-state index contributed by atoms with van der Waals surface area (Å²) in [6.45, 7) is -1.37. The first-order valence-corrected chi connectivity index (χ1v) is 10.4. The van der Waals surface area contributed by atoms with Crippen LogP contribution >= 0.6 is 23.4 Å². The number of amides is 1. The van der Waals surface area contributed by atoms with Crippen LogP contribution in [0.15, 0.2) is 52.4 Å². The average Bonchev–Trinajstić information content (AvgIpc) is 2.69. The number of halogens is 3. The van der Waals surface area contributed by atoms with Crippen molar-refractivity contribution in [1.82, 2.24) is 9.55 Å². The van der Waals surface area contributed by atoms with E-state index in [1.54, 1.807) is 25.1 Å². The first-order chi connectivity index (χ1) is 14.7. The van der Waals surface area contributed by atoms with Crippen molar-refractivity contribution in [2.75, 3.05) is 11.1 Å². The highest BCUT2D eigenvalue weighted by Gasteiger charge is 2.15. The molecule has 0 unspecified atom stereocenters. The predicted octanol–water partition coefficient (Wildman–Crippen LogP) is 3.76. The van der Waals surface area contributed by atoms with E-state index >= 15 is 0 Å². The maximum absolute atomic E-state index is 12.8. The van der Waals surface area contributed by atoms with Gasteiger partial charge in [0.25, 0.3) is 5.56 Å². The monoisotopic (exact) mass is 469 g/mol. The third kappa shape index (κ3) is 6.16. The van der Waals surface area contributed by atoms with Gasteiger partial charge in [0, 0.05) is 10.7 Å². The number of anilines is 1. The number of fused-ring (bicyclic) bond motifs is 1. The number of alkyl halides is 2. The molecule has 1 amide bonds. The van der Waals surface area contributed by atoms with Gasteiger partial charge in [-0.3, -0.25) is 14.2 Å². The van der Waals surface area contributed by atoms with Crippen LogP contribution in [0.3, 0.4) is 0 Å². The smallest absolute Gasteiger partial charge is 0.387 e. The molecule has 0 radical (unpaired) electrons. The van der Waals surface area contributed by atoms with Crippen LogP contribution in [0.2, 0.25) is 5.02 Å². The van der Waals surface area contributed by atoms with Crippen molar-refractivity contribution in [2.45, 2.75) is 31.3 Å². The summed E-state index contributed by atoms with van der Waals surface area (Å²) in [5.74, 6) is -0.492. The van der Waals surface area contributed by atoms with Gasteiger partial charge in [-0.2, -0.15) is 8.78 Å². The van der Waals surface area contributed by atoms with E-state index in [9.17, 15) is 23.5 Å². The number of hydrogen-bond acceptors (Lipinski definition) is 6. The quantitative estimate of drug-likeness (QED) is 0.385. The molecule has 164 valence electrons. The molecule has 1 aromatic heterocycles. The summed E-state index contributed by atoms with van der Waals surface area (Å²) in [5, 5.41) is 13.4. The van der Waals surface area contributed by atoms with Gasteiger partial charge in [-0.05, 0) is 49.4 Å². The van der Waals surface area contributed by atoms with Crippen molar-refractivity contribution in [3.63, 3.8) is 0 Å². The van der Waals surface area contributed by atoms with Crippen LogP contribution in [0.25, 0.3) is 10.9 Å². The standard InChI is InChI=1S/C20H18ClF2N3O4S/c1-11(27)9-26-18(29)15-7-2-12(21)8-16(15)25-20(26)31-10-17(28)24-13-3-5-14(6-4-13)30-19(22)23/h2-8,11,19,27H,9-10H2,1H3,(H,24,28)/t11-/m1/s1. The minimum absolute atomic E-state index is 0.0138. The van der Waals surface area contributed by atoms with Crippen molar-refractivity contribution in [3.8, 4) is 5.75 Å². The maximum Gasteiger partial charge on any atom is 0.387 e. The van der Waals surface area contributed by atoms with E-state index in [-0.39, 0.29) is 28.8 Å². The largest absolute Gasteiger partial charge is 0.435 e. The molecule has 0 saturated heterocycles. The SMILES string of the molecule is C[C@@H](O)Cn1c(SCC(=O)Nc2ccc(OC(F)F)cc2)nc2cc(Cl)ccc2c1=O. The number of nitrogens with zero attached hydrogens (tertiary/aromatic N) is 2. The fraction of sp³-hybridized carbons (Fsp3) is 0.250. The highest BCUT2D eigenvalue weighted by molar-refractivity contribution is 7.99. The molecular weight excluding hydrogens is 452 g/mol. The number of benzene rings is 2. The topological polar surface area (TPSA) is 93.5 Å². The van der Waals surface area contributed by atoms with E-state index in [0.29, 0.717) is 21.6 Å². The molecular formula is C20H18ClF2N3O4S. The number of rotatable bonds is 8. The summed E-state index contributed by atoms with van der Waals surface area (Å²) in [6.07, 6.45) is -0.800. The fourth-order valence-corrected chi connectivity index (χ4v) is 3.73. The Morgan fingerprint density at radius 3 is 2.65 bits per heavy atom. The molecule has 1 heterocycles. The van der Waals surface area contributed by atoms with E-state index in [0.717, 1.165) is 11.8 Å². The van der Waals surface area contributed by atoms with Crippen LogP contribution in [0.4, 0.5) is 14.5 Å². The molecule has 0 spiro atoms. The zero-order valence-corrected chi connectivity index (χ0v) is 17.8. The van der Waals surface area contributed by atoms with Gasteiger partial charge in [0.15, 0.2) is 5.16 Å². The van der Waals surface area contributed by atoms with Crippen LogP contribution in [0.5, 0.6) is 5.75 Å². The molecule has 0 fully saturated rings.